The molecule has 0 aliphatic carbocycles. The molecule has 0 saturated carbocycles. The summed E-state index contributed by atoms with van der Waals surface area (Å²) < 4.78 is 1.68. The van der Waals surface area contributed by atoms with E-state index in [9.17, 15) is 4.79 Å². The van der Waals surface area contributed by atoms with Crippen LogP contribution in [0.25, 0.3) is 5.69 Å². The minimum atomic E-state index is -0.238. The van der Waals surface area contributed by atoms with Crippen LogP contribution < -0.4 is 5.32 Å². The van der Waals surface area contributed by atoms with E-state index in [2.05, 4.69) is 20.8 Å². The van der Waals surface area contributed by atoms with Crippen LogP contribution in [0.1, 0.15) is 18.3 Å². The molecule has 1 aromatic heterocycles. The van der Waals surface area contributed by atoms with E-state index in [1.54, 1.807) is 4.68 Å². The maximum atomic E-state index is 12.3. The van der Waals surface area contributed by atoms with Crippen LogP contribution in [0.15, 0.2) is 54.6 Å². The van der Waals surface area contributed by atoms with Gasteiger partial charge < -0.3 is 5.32 Å². The van der Waals surface area contributed by atoms with Crippen LogP contribution >= 0.6 is 23.4 Å². The molecule has 134 valence electrons. The van der Waals surface area contributed by atoms with Gasteiger partial charge in [-0.05, 0) is 41.1 Å². The molecule has 2 aromatic carbocycles. The molecule has 3 rings (SSSR count). The Bertz CT molecular complexity index is 871. The zero-order valence-corrected chi connectivity index (χ0v) is 15.7. The Morgan fingerprint density at radius 2 is 1.92 bits per heavy atom. The average molecular weight is 388 g/mol. The van der Waals surface area contributed by atoms with E-state index < -0.39 is 0 Å². The molecular formula is C18H18ClN5OS. The van der Waals surface area contributed by atoms with E-state index in [4.69, 9.17) is 11.6 Å². The van der Waals surface area contributed by atoms with Crippen LogP contribution in [-0.4, -0.2) is 31.4 Å². The Labute approximate surface area is 160 Å². The van der Waals surface area contributed by atoms with E-state index in [0.29, 0.717) is 23.1 Å². The first kappa shape index (κ1) is 18.4. The molecule has 0 radical (unpaired) electrons. The molecule has 1 unspecified atom stereocenters. The van der Waals surface area contributed by atoms with E-state index in [1.165, 1.54) is 11.8 Å². The van der Waals surface area contributed by atoms with Crippen molar-refractivity contribution < 1.29 is 4.79 Å². The highest BCUT2D eigenvalue weighted by atomic mass is 35.5. The molecule has 0 aliphatic heterocycles. The number of halogens is 1. The molecule has 1 atom stereocenters. The summed E-state index contributed by atoms with van der Waals surface area (Å²) in [5, 5.41) is 15.1. The fourth-order valence-corrected chi connectivity index (χ4v) is 3.32. The van der Waals surface area contributed by atoms with Crippen molar-refractivity contribution in [3.05, 3.63) is 71.0 Å². The number of carbonyl (C=O) groups excluding carboxylic acids is 1. The van der Waals surface area contributed by atoms with Gasteiger partial charge in [0, 0.05) is 11.6 Å². The minimum absolute atomic E-state index is 0.0475. The summed E-state index contributed by atoms with van der Waals surface area (Å²) in [4.78, 5) is 12.3. The van der Waals surface area contributed by atoms with Gasteiger partial charge in [0.05, 0.1) is 16.7 Å². The van der Waals surface area contributed by atoms with Gasteiger partial charge in [-0.25, -0.2) is 0 Å². The van der Waals surface area contributed by atoms with E-state index in [0.717, 1.165) is 11.3 Å². The molecule has 1 N–H and O–H groups in total. The zero-order chi connectivity index (χ0) is 18.4. The average Bonchev–Trinajstić information content (AvgIpc) is 3.14. The number of tetrazole rings is 1. The predicted octanol–water partition coefficient (Wildman–Crippen LogP) is 3.25. The highest BCUT2D eigenvalue weighted by Crippen LogP contribution is 2.19. The number of hydrogen-bond acceptors (Lipinski definition) is 5. The van der Waals surface area contributed by atoms with Crippen molar-refractivity contribution in [2.24, 2.45) is 0 Å². The van der Waals surface area contributed by atoms with E-state index >= 15 is 0 Å². The Kier molecular flexibility index (Phi) is 6.25. The van der Waals surface area contributed by atoms with Crippen molar-refractivity contribution in [1.82, 2.24) is 25.5 Å². The number of carbonyl (C=O) groups is 1. The van der Waals surface area contributed by atoms with Crippen molar-refractivity contribution in [2.45, 2.75) is 24.5 Å². The quantitative estimate of drug-likeness (QED) is 0.673. The van der Waals surface area contributed by atoms with Gasteiger partial charge in [-0.2, -0.15) is 4.68 Å². The van der Waals surface area contributed by atoms with Gasteiger partial charge in [0.25, 0.3) is 0 Å². The van der Waals surface area contributed by atoms with Crippen molar-refractivity contribution in [2.75, 3.05) is 0 Å². The summed E-state index contributed by atoms with van der Waals surface area (Å²) >= 11 is 7.59. The number of amides is 1. The van der Waals surface area contributed by atoms with Crippen LogP contribution in [0.2, 0.25) is 5.02 Å². The molecule has 0 aliphatic rings. The van der Waals surface area contributed by atoms with Gasteiger partial charge in [-0.1, -0.05) is 48.0 Å². The third kappa shape index (κ3) is 4.62. The Balaban J connectivity index is 1.54. The molecule has 0 spiro atoms. The van der Waals surface area contributed by atoms with Crippen molar-refractivity contribution in [3.63, 3.8) is 0 Å². The minimum Gasteiger partial charge on any atom is -0.351 e. The zero-order valence-electron chi connectivity index (χ0n) is 14.2. The molecule has 3 aromatic rings. The third-order valence-corrected chi connectivity index (χ3v) is 5.29. The Hall–Kier alpha value is -2.38. The van der Waals surface area contributed by atoms with E-state index in [-0.39, 0.29) is 11.2 Å². The fourth-order valence-electron chi connectivity index (χ4n) is 2.31. The normalized spacial score (nSPS) is 11.9. The van der Waals surface area contributed by atoms with Crippen LogP contribution in [0.4, 0.5) is 0 Å². The highest BCUT2D eigenvalue weighted by Gasteiger charge is 2.16. The Morgan fingerprint density at radius 3 is 2.69 bits per heavy atom. The topological polar surface area (TPSA) is 72.7 Å². The largest absolute Gasteiger partial charge is 0.351 e. The first-order valence-electron chi connectivity index (χ1n) is 8.10. The van der Waals surface area contributed by atoms with Gasteiger partial charge >= 0.3 is 0 Å². The molecule has 6 nitrogen and oxygen atoms in total. The molecule has 8 heteroatoms. The maximum absolute atomic E-state index is 12.3. The maximum Gasteiger partial charge on any atom is 0.233 e. The number of para-hydroxylation sites is 1. The van der Waals surface area contributed by atoms with Gasteiger partial charge in [-0.15, -0.1) is 16.9 Å². The lowest BCUT2D eigenvalue weighted by Gasteiger charge is -2.12. The monoisotopic (exact) mass is 387 g/mol. The molecule has 1 amide bonds. The summed E-state index contributed by atoms with van der Waals surface area (Å²) in [6.07, 6.45) is 0. The number of hydrogen-bond donors (Lipinski definition) is 1. The Morgan fingerprint density at radius 1 is 1.19 bits per heavy atom. The second-order valence-corrected chi connectivity index (χ2v) is 7.34. The van der Waals surface area contributed by atoms with Gasteiger partial charge in [-0.3, -0.25) is 4.79 Å². The summed E-state index contributed by atoms with van der Waals surface area (Å²) in [6.45, 7) is 2.27. The molecule has 26 heavy (non-hydrogen) atoms. The van der Waals surface area contributed by atoms with Crippen LogP contribution in [-0.2, 0) is 17.1 Å². The standard InChI is InChI=1S/C18H18ClN5OS/c1-13(18(25)20-11-14-7-5-6-10-16(14)19)26-12-17-21-22-23-24(17)15-8-3-2-4-9-15/h2-10,13H,11-12H2,1H3,(H,20,25). The van der Waals surface area contributed by atoms with Crippen molar-refractivity contribution in [3.8, 4) is 5.69 Å². The van der Waals surface area contributed by atoms with Crippen molar-refractivity contribution in [1.29, 1.82) is 0 Å². The number of benzene rings is 2. The fraction of sp³-hybridized carbons (Fsp3) is 0.222. The SMILES string of the molecule is CC(SCc1nnnn1-c1ccccc1)C(=O)NCc1ccccc1Cl. The van der Waals surface area contributed by atoms with Gasteiger partial charge in [0.2, 0.25) is 5.91 Å². The predicted molar refractivity (Wildman–Crippen MR) is 103 cm³/mol. The first-order chi connectivity index (χ1) is 12.6. The molecular weight excluding hydrogens is 370 g/mol. The van der Waals surface area contributed by atoms with Crippen LogP contribution in [0.3, 0.4) is 0 Å². The lowest BCUT2D eigenvalue weighted by molar-refractivity contribution is -0.120. The number of thioether (sulfide) groups is 1. The second kappa shape index (κ2) is 8.82. The lowest BCUT2D eigenvalue weighted by atomic mass is 10.2. The summed E-state index contributed by atoms with van der Waals surface area (Å²) in [5.74, 6) is 1.18. The van der Waals surface area contributed by atoms with E-state index in [1.807, 2.05) is 61.5 Å². The van der Waals surface area contributed by atoms with Crippen molar-refractivity contribution >= 4 is 29.3 Å². The lowest BCUT2D eigenvalue weighted by Crippen LogP contribution is -2.30. The van der Waals surface area contributed by atoms with Crippen LogP contribution in [0, 0.1) is 0 Å². The highest BCUT2D eigenvalue weighted by molar-refractivity contribution is 7.99. The molecule has 0 bridgehead atoms. The third-order valence-electron chi connectivity index (χ3n) is 3.78. The van der Waals surface area contributed by atoms with Crippen LogP contribution in [0.5, 0.6) is 0 Å². The molecule has 0 saturated heterocycles. The number of nitrogens with one attached hydrogen (secondary N) is 1. The first-order valence-corrected chi connectivity index (χ1v) is 9.53. The molecule has 1 heterocycles. The van der Waals surface area contributed by atoms with Gasteiger partial charge in [0.1, 0.15) is 0 Å². The summed E-state index contributed by atoms with van der Waals surface area (Å²) in [5.41, 5.74) is 1.79. The second-order valence-electron chi connectivity index (χ2n) is 5.60. The smallest absolute Gasteiger partial charge is 0.233 e. The summed E-state index contributed by atoms with van der Waals surface area (Å²) in [6, 6.07) is 17.1. The molecule has 0 fully saturated rings. The number of aromatic nitrogens is 4. The summed E-state index contributed by atoms with van der Waals surface area (Å²) in [7, 11) is 0. The number of rotatable bonds is 7. The van der Waals surface area contributed by atoms with Gasteiger partial charge in [0.15, 0.2) is 5.82 Å². The number of nitrogens with zero attached hydrogens (tertiary/aromatic N) is 4.